The second-order valence-corrected chi connectivity index (χ2v) is 7.34. The Balaban J connectivity index is 1.69. The lowest BCUT2D eigenvalue weighted by molar-refractivity contribution is -0.116. The van der Waals surface area contributed by atoms with Crippen LogP contribution in [-0.2, 0) is 28.9 Å². The van der Waals surface area contributed by atoms with Crippen molar-refractivity contribution in [1.82, 2.24) is 4.57 Å². The molecule has 1 amide bonds. The van der Waals surface area contributed by atoms with Crippen LogP contribution in [0.1, 0.15) is 43.5 Å². The molecule has 0 saturated heterocycles. The van der Waals surface area contributed by atoms with Crippen LogP contribution in [0.3, 0.4) is 0 Å². The minimum atomic E-state index is -0.219. The average molecular weight is 380 g/mol. The first-order valence-corrected chi connectivity index (χ1v) is 9.87. The summed E-state index contributed by atoms with van der Waals surface area (Å²) in [7, 11) is 0. The summed E-state index contributed by atoms with van der Waals surface area (Å²) in [5, 5.41) is 2.72. The lowest BCUT2D eigenvalue weighted by Crippen LogP contribution is -2.30. The second kappa shape index (κ2) is 9.02. The van der Waals surface area contributed by atoms with E-state index in [9.17, 15) is 9.59 Å². The second-order valence-electron chi connectivity index (χ2n) is 7.34. The van der Waals surface area contributed by atoms with Crippen molar-refractivity contribution in [2.24, 2.45) is 0 Å². The van der Waals surface area contributed by atoms with Gasteiger partial charge in [0.2, 0.25) is 5.91 Å². The number of carbonyl (C=O) groups excluding carboxylic acids is 1. The highest BCUT2D eigenvalue weighted by atomic mass is 16.5. The van der Waals surface area contributed by atoms with Gasteiger partial charge in [-0.1, -0.05) is 37.8 Å². The highest BCUT2D eigenvalue weighted by Crippen LogP contribution is 2.23. The van der Waals surface area contributed by atoms with Crippen molar-refractivity contribution in [3.63, 3.8) is 0 Å². The number of aromatic nitrogens is 1. The predicted octanol–water partition coefficient (Wildman–Crippen LogP) is 3.80. The van der Waals surface area contributed by atoms with Gasteiger partial charge in [0.05, 0.1) is 12.7 Å². The molecule has 0 aliphatic heterocycles. The van der Waals surface area contributed by atoms with E-state index in [4.69, 9.17) is 4.74 Å². The summed E-state index contributed by atoms with van der Waals surface area (Å²) >= 11 is 0. The normalized spacial score (nSPS) is 13.4. The summed E-state index contributed by atoms with van der Waals surface area (Å²) in [6.07, 6.45) is 3.10. The van der Waals surface area contributed by atoms with Gasteiger partial charge in [0.1, 0.15) is 5.69 Å². The molecule has 1 heterocycles. The van der Waals surface area contributed by atoms with Gasteiger partial charge < -0.3 is 14.6 Å². The Kier molecular flexibility index (Phi) is 6.47. The molecule has 0 bridgehead atoms. The van der Waals surface area contributed by atoms with E-state index >= 15 is 0 Å². The molecule has 1 aliphatic carbocycles. The average Bonchev–Trinajstić information content (AvgIpc) is 3.07. The standard InChI is InChI=1S/C23H28N2O3/c1-4-7-22(26)24-20-10-11-21(16(2)3)25(23(20)27)12-13-28-19-14-17-8-5-6-9-18(17)15-19/h5-6,8-11,19H,2,4,7,12-15H2,1,3H3,(H,24,26). The van der Waals surface area contributed by atoms with E-state index in [1.165, 1.54) is 11.1 Å². The minimum Gasteiger partial charge on any atom is -0.376 e. The summed E-state index contributed by atoms with van der Waals surface area (Å²) in [6.45, 7) is 8.63. The first-order valence-electron chi connectivity index (χ1n) is 9.87. The third-order valence-corrected chi connectivity index (χ3v) is 5.04. The summed E-state index contributed by atoms with van der Waals surface area (Å²) in [4.78, 5) is 24.8. The number of rotatable bonds is 8. The molecule has 1 aromatic carbocycles. The molecule has 0 atom stereocenters. The van der Waals surface area contributed by atoms with Crippen LogP contribution in [-0.4, -0.2) is 23.2 Å². The molecule has 1 N–H and O–H groups in total. The Hall–Kier alpha value is -2.66. The zero-order valence-corrected chi connectivity index (χ0v) is 16.7. The van der Waals surface area contributed by atoms with Crippen LogP contribution in [0.5, 0.6) is 0 Å². The predicted molar refractivity (Wildman–Crippen MR) is 113 cm³/mol. The van der Waals surface area contributed by atoms with Gasteiger partial charge in [0.25, 0.3) is 5.56 Å². The van der Waals surface area contributed by atoms with E-state index in [0.29, 0.717) is 25.3 Å². The summed E-state index contributed by atoms with van der Waals surface area (Å²) in [5.41, 5.74) is 4.33. The summed E-state index contributed by atoms with van der Waals surface area (Å²) in [5.74, 6) is -0.144. The molecule has 1 aliphatic rings. The molecule has 0 fully saturated rings. The molecule has 0 unspecified atom stereocenters. The first-order chi connectivity index (χ1) is 13.5. The number of anilines is 1. The van der Waals surface area contributed by atoms with Crippen LogP contribution < -0.4 is 10.9 Å². The van der Waals surface area contributed by atoms with Gasteiger partial charge in [0, 0.05) is 18.7 Å². The Morgan fingerprint density at radius 1 is 1.21 bits per heavy atom. The molecule has 0 saturated carbocycles. The van der Waals surface area contributed by atoms with Crippen LogP contribution in [0, 0.1) is 0 Å². The molecule has 148 valence electrons. The van der Waals surface area contributed by atoms with E-state index in [1.807, 2.05) is 19.9 Å². The number of nitrogens with zero attached hydrogens (tertiary/aromatic N) is 1. The number of carbonyl (C=O) groups is 1. The highest BCUT2D eigenvalue weighted by molar-refractivity contribution is 5.90. The molecular weight excluding hydrogens is 352 g/mol. The van der Waals surface area contributed by atoms with E-state index < -0.39 is 0 Å². The fourth-order valence-electron chi connectivity index (χ4n) is 3.65. The van der Waals surface area contributed by atoms with Gasteiger partial charge in [-0.2, -0.15) is 0 Å². The number of benzene rings is 1. The van der Waals surface area contributed by atoms with Gasteiger partial charge in [-0.15, -0.1) is 0 Å². The van der Waals surface area contributed by atoms with Crippen molar-refractivity contribution in [2.45, 2.75) is 52.2 Å². The number of amides is 1. The molecule has 3 rings (SSSR count). The largest absolute Gasteiger partial charge is 0.376 e. The van der Waals surface area contributed by atoms with Crippen LogP contribution in [0.25, 0.3) is 5.57 Å². The number of ether oxygens (including phenoxy) is 1. The number of nitrogens with one attached hydrogen (secondary N) is 1. The molecule has 28 heavy (non-hydrogen) atoms. The zero-order chi connectivity index (χ0) is 20.1. The van der Waals surface area contributed by atoms with Crippen molar-refractivity contribution in [3.05, 3.63) is 70.2 Å². The third-order valence-electron chi connectivity index (χ3n) is 5.04. The maximum absolute atomic E-state index is 12.9. The third kappa shape index (κ3) is 4.60. The van der Waals surface area contributed by atoms with Gasteiger partial charge in [-0.25, -0.2) is 0 Å². The zero-order valence-electron chi connectivity index (χ0n) is 16.7. The Morgan fingerprint density at radius 2 is 1.89 bits per heavy atom. The fraction of sp³-hybridized carbons (Fsp3) is 0.391. The first kappa shape index (κ1) is 20.1. The number of fused-ring (bicyclic) bond motifs is 1. The van der Waals surface area contributed by atoms with Crippen molar-refractivity contribution in [1.29, 1.82) is 0 Å². The van der Waals surface area contributed by atoms with Gasteiger partial charge >= 0.3 is 0 Å². The number of hydrogen-bond acceptors (Lipinski definition) is 3. The van der Waals surface area contributed by atoms with Crippen LogP contribution in [0.4, 0.5) is 5.69 Å². The van der Waals surface area contributed by atoms with Gasteiger partial charge in [0.15, 0.2) is 0 Å². The lowest BCUT2D eigenvalue weighted by atomic mass is 10.1. The summed E-state index contributed by atoms with van der Waals surface area (Å²) < 4.78 is 7.71. The van der Waals surface area contributed by atoms with Gasteiger partial charge in [-0.3, -0.25) is 9.59 Å². The molecule has 0 spiro atoms. The SMILES string of the molecule is C=C(C)c1ccc(NC(=O)CCC)c(=O)n1CCOC1Cc2ccccc2C1. The van der Waals surface area contributed by atoms with Crippen LogP contribution >= 0.6 is 0 Å². The van der Waals surface area contributed by atoms with E-state index in [0.717, 1.165) is 30.5 Å². The number of pyridine rings is 1. The molecule has 5 nitrogen and oxygen atoms in total. The van der Waals surface area contributed by atoms with E-state index in [2.05, 4.69) is 36.2 Å². The fourth-order valence-corrected chi connectivity index (χ4v) is 3.65. The number of allylic oxidation sites excluding steroid dienone is 1. The van der Waals surface area contributed by atoms with Crippen molar-refractivity contribution < 1.29 is 9.53 Å². The summed E-state index contributed by atoms with van der Waals surface area (Å²) in [6, 6.07) is 11.9. The molecule has 5 heteroatoms. The molecule has 2 aromatic rings. The maximum atomic E-state index is 12.9. The highest BCUT2D eigenvalue weighted by Gasteiger charge is 2.21. The van der Waals surface area contributed by atoms with Crippen LogP contribution in [0.15, 0.2) is 47.8 Å². The Labute approximate surface area is 166 Å². The van der Waals surface area contributed by atoms with Crippen molar-refractivity contribution >= 4 is 17.2 Å². The van der Waals surface area contributed by atoms with E-state index in [1.54, 1.807) is 10.6 Å². The number of hydrogen-bond donors (Lipinski definition) is 1. The minimum absolute atomic E-state index is 0.144. The quantitative estimate of drug-likeness (QED) is 0.758. The molecular formula is C23H28N2O3. The van der Waals surface area contributed by atoms with Crippen molar-refractivity contribution in [2.75, 3.05) is 11.9 Å². The molecule has 1 aromatic heterocycles. The molecule has 0 radical (unpaired) electrons. The maximum Gasteiger partial charge on any atom is 0.274 e. The Morgan fingerprint density at radius 3 is 2.50 bits per heavy atom. The smallest absolute Gasteiger partial charge is 0.274 e. The lowest BCUT2D eigenvalue weighted by Gasteiger charge is -2.17. The Bertz CT molecular complexity index is 905. The van der Waals surface area contributed by atoms with Gasteiger partial charge in [-0.05, 0) is 55.0 Å². The van der Waals surface area contributed by atoms with E-state index in [-0.39, 0.29) is 17.6 Å². The topological polar surface area (TPSA) is 60.3 Å². The monoisotopic (exact) mass is 380 g/mol. The van der Waals surface area contributed by atoms with Crippen molar-refractivity contribution in [3.8, 4) is 0 Å². The van der Waals surface area contributed by atoms with Crippen LogP contribution in [0.2, 0.25) is 0 Å².